The van der Waals surface area contributed by atoms with Crippen molar-refractivity contribution >= 4 is 0 Å². The van der Waals surface area contributed by atoms with Crippen LogP contribution in [0.4, 0.5) is 0 Å². The minimum absolute atomic E-state index is 0.176. The van der Waals surface area contributed by atoms with E-state index in [1.165, 1.54) is 19.3 Å². The van der Waals surface area contributed by atoms with Gasteiger partial charge in [-0.05, 0) is 44.9 Å². The van der Waals surface area contributed by atoms with Gasteiger partial charge in [-0.25, -0.2) is 0 Å². The van der Waals surface area contributed by atoms with Crippen LogP contribution < -0.4 is 0 Å². The van der Waals surface area contributed by atoms with Crippen LogP contribution >= 0.6 is 0 Å². The van der Waals surface area contributed by atoms with Crippen LogP contribution in [0, 0.1) is 11.8 Å². The van der Waals surface area contributed by atoms with Crippen molar-refractivity contribution in [2.75, 3.05) is 0 Å². The molecule has 2 rings (SSSR count). The Hall–Kier alpha value is -0.0400. The average Bonchev–Trinajstić information content (AvgIpc) is 2.16. The van der Waals surface area contributed by atoms with Gasteiger partial charge in [0.2, 0.25) is 0 Å². The monoisotopic (exact) mass is 154 g/mol. The zero-order chi connectivity index (χ0) is 8.06. The van der Waals surface area contributed by atoms with Crippen molar-refractivity contribution in [2.45, 2.75) is 51.7 Å². The largest absolute Gasteiger partial charge is 0.372 e. The third-order valence-corrected chi connectivity index (χ3v) is 3.56. The van der Waals surface area contributed by atoms with Gasteiger partial charge in [0, 0.05) is 0 Å². The number of hydrogen-bond acceptors (Lipinski definition) is 1. The summed E-state index contributed by atoms with van der Waals surface area (Å²) in [4.78, 5) is 0. The molecule has 1 heteroatoms. The van der Waals surface area contributed by atoms with E-state index >= 15 is 0 Å². The minimum Gasteiger partial charge on any atom is -0.372 e. The highest BCUT2D eigenvalue weighted by atomic mass is 16.5. The lowest BCUT2D eigenvalue weighted by atomic mass is 9.78. The molecule has 0 unspecified atom stereocenters. The van der Waals surface area contributed by atoms with Crippen molar-refractivity contribution in [3.05, 3.63) is 0 Å². The van der Waals surface area contributed by atoms with Crippen LogP contribution in [0.3, 0.4) is 0 Å². The van der Waals surface area contributed by atoms with Gasteiger partial charge in [-0.15, -0.1) is 0 Å². The summed E-state index contributed by atoms with van der Waals surface area (Å²) in [5.41, 5.74) is 0.176. The first-order valence-electron chi connectivity index (χ1n) is 4.77. The van der Waals surface area contributed by atoms with Gasteiger partial charge in [0.15, 0.2) is 0 Å². The minimum atomic E-state index is 0.176. The lowest BCUT2D eigenvalue weighted by Crippen LogP contribution is -2.26. The zero-order valence-corrected chi connectivity index (χ0v) is 7.76. The fourth-order valence-electron chi connectivity index (χ4n) is 2.56. The number of rotatable bonds is 0. The van der Waals surface area contributed by atoms with Gasteiger partial charge in [0.1, 0.15) is 0 Å². The Kier molecular flexibility index (Phi) is 1.54. The molecule has 0 aromatic carbocycles. The smallest absolute Gasteiger partial charge is 0.0659 e. The third-order valence-electron chi connectivity index (χ3n) is 3.56. The molecule has 0 aromatic rings. The second-order valence-corrected chi connectivity index (χ2v) is 4.75. The number of fused-ring (bicyclic) bond motifs is 2. The van der Waals surface area contributed by atoms with Crippen molar-refractivity contribution in [3.63, 3.8) is 0 Å². The van der Waals surface area contributed by atoms with Gasteiger partial charge in [0.05, 0.1) is 11.7 Å². The van der Waals surface area contributed by atoms with Crippen LogP contribution in [0.2, 0.25) is 0 Å². The summed E-state index contributed by atoms with van der Waals surface area (Å²) >= 11 is 0. The van der Waals surface area contributed by atoms with Crippen LogP contribution in [0.5, 0.6) is 0 Å². The van der Waals surface area contributed by atoms with E-state index in [0.717, 1.165) is 11.8 Å². The molecule has 3 atom stereocenters. The van der Waals surface area contributed by atoms with Crippen molar-refractivity contribution in [1.82, 2.24) is 0 Å². The average molecular weight is 154 g/mol. The van der Waals surface area contributed by atoms with Crippen molar-refractivity contribution < 1.29 is 4.74 Å². The molecule has 1 saturated carbocycles. The summed E-state index contributed by atoms with van der Waals surface area (Å²) in [5.74, 6) is 1.64. The van der Waals surface area contributed by atoms with Crippen LogP contribution in [0.1, 0.15) is 40.0 Å². The molecule has 2 aliphatic rings. The fraction of sp³-hybridized carbons (Fsp3) is 1.00. The third kappa shape index (κ3) is 1.10. The van der Waals surface area contributed by atoms with E-state index in [0.29, 0.717) is 6.10 Å². The van der Waals surface area contributed by atoms with Gasteiger partial charge >= 0.3 is 0 Å². The molecule has 0 amide bonds. The van der Waals surface area contributed by atoms with Gasteiger partial charge < -0.3 is 4.74 Å². The first kappa shape index (κ1) is 7.60. The SMILES string of the molecule is C[C@H]1CC[C@@H]2C[C@H]1OC2(C)C. The van der Waals surface area contributed by atoms with Gasteiger partial charge in [0.25, 0.3) is 0 Å². The highest BCUT2D eigenvalue weighted by Gasteiger charge is 2.46. The summed E-state index contributed by atoms with van der Waals surface area (Å²) in [6.07, 6.45) is 4.64. The normalized spacial score (nSPS) is 47.7. The molecular weight excluding hydrogens is 136 g/mol. The molecule has 1 heterocycles. The predicted molar refractivity (Wildman–Crippen MR) is 45.5 cm³/mol. The first-order valence-corrected chi connectivity index (χ1v) is 4.77. The Balaban J connectivity index is 2.16. The maximum absolute atomic E-state index is 5.98. The molecular formula is C10H18O. The Morgan fingerprint density at radius 1 is 1.27 bits per heavy atom. The van der Waals surface area contributed by atoms with Crippen molar-refractivity contribution in [2.24, 2.45) is 11.8 Å². The lowest BCUT2D eigenvalue weighted by Gasteiger charge is -2.25. The molecule has 1 aliphatic carbocycles. The van der Waals surface area contributed by atoms with Gasteiger partial charge in [-0.2, -0.15) is 0 Å². The van der Waals surface area contributed by atoms with E-state index in [1.807, 2.05) is 0 Å². The second-order valence-electron chi connectivity index (χ2n) is 4.75. The summed E-state index contributed by atoms with van der Waals surface area (Å²) in [6, 6.07) is 0. The molecule has 1 nitrogen and oxygen atoms in total. The molecule has 0 aromatic heterocycles. The Morgan fingerprint density at radius 3 is 2.64 bits per heavy atom. The highest BCUT2D eigenvalue weighted by molar-refractivity contribution is 4.95. The maximum atomic E-state index is 5.98. The molecule has 2 fully saturated rings. The topological polar surface area (TPSA) is 9.23 Å². The number of hydrogen-bond donors (Lipinski definition) is 0. The standard InChI is InChI=1S/C10H18O/c1-7-4-5-8-6-9(7)11-10(8,2)3/h7-9H,4-6H2,1-3H3/t7-,8+,9+/m0/s1. The van der Waals surface area contributed by atoms with Crippen LogP contribution in [-0.4, -0.2) is 11.7 Å². The molecule has 1 saturated heterocycles. The second kappa shape index (κ2) is 2.22. The van der Waals surface area contributed by atoms with E-state index in [4.69, 9.17) is 4.74 Å². The van der Waals surface area contributed by atoms with Gasteiger partial charge in [-0.3, -0.25) is 0 Å². The molecule has 11 heavy (non-hydrogen) atoms. The van der Waals surface area contributed by atoms with Crippen molar-refractivity contribution in [1.29, 1.82) is 0 Å². The van der Waals surface area contributed by atoms with E-state index < -0.39 is 0 Å². The fourth-order valence-corrected chi connectivity index (χ4v) is 2.56. The van der Waals surface area contributed by atoms with E-state index in [2.05, 4.69) is 20.8 Å². The Bertz CT molecular complexity index is 162. The van der Waals surface area contributed by atoms with Crippen LogP contribution in [-0.2, 0) is 4.74 Å². The molecule has 0 radical (unpaired) electrons. The summed E-state index contributed by atoms with van der Waals surface area (Å²) in [7, 11) is 0. The summed E-state index contributed by atoms with van der Waals surface area (Å²) in [5, 5.41) is 0. The Morgan fingerprint density at radius 2 is 2.00 bits per heavy atom. The zero-order valence-electron chi connectivity index (χ0n) is 7.76. The molecule has 0 spiro atoms. The molecule has 1 aliphatic heterocycles. The quantitative estimate of drug-likeness (QED) is 0.521. The molecule has 2 bridgehead atoms. The maximum Gasteiger partial charge on any atom is 0.0659 e. The molecule has 0 N–H and O–H groups in total. The molecule has 64 valence electrons. The van der Waals surface area contributed by atoms with E-state index in [1.54, 1.807) is 0 Å². The Labute approximate surface area is 69.1 Å². The highest BCUT2D eigenvalue weighted by Crippen LogP contribution is 2.46. The summed E-state index contributed by atoms with van der Waals surface area (Å²) < 4.78 is 5.98. The predicted octanol–water partition coefficient (Wildman–Crippen LogP) is 2.60. The van der Waals surface area contributed by atoms with Crippen LogP contribution in [0.15, 0.2) is 0 Å². The lowest BCUT2D eigenvalue weighted by molar-refractivity contribution is -0.0373. The van der Waals surface area contributed by atoms with Crippen LogP contribution in [0.25, 0.3) is 0 Å². The van der Waals surface area contributed by atoms with E-state index in [9.17, 15) is 0 Å². The number of ether oxygens (including phenoxy) is 1. The first-order chi connectivity index (χ1) is 5.09. The van der Waals surface area contributed by atoms with E-state index in [-0.39, 0.29) is 5.60 Å². The summed E-state index contributed by atoms with van der Waals surface area (Å²) in [6.45, 7) is 6.81. The van der Waals surface area contributed by atoms with Crippen molar-refractivity contribution in [3.8, 4) is 0 Å². The van der Waals surface area contributed by atoms with Gasteiger partial charge in [-0.1, -0.05) is 6.92 Å².